The highest BCUT2D eigenvalue weighted by molar-refractivity contribution is 5.81. The zero-order valence-electron chi connectivity index (χ0n) is 9.75. The van der Waals surface area contributed by atoms with Gasteiger partial charge < -0.3 is 0 Å². The minimum absolute atomic E-state index is 0.145. The molecule has 18 heavy (non-hydrogen) atoms. The summed E-state index contributed by atoms with van der Waals surface area (Å²) >= 11 is 0. The van der Waals surface area contributed by atoms with Crippen molar-refractivity contribution in [3.63, 3.8) is 0 Å². The zero-order chi connectivity index (χ0) is 13.1. The van der Waals surface area contributed by atoms with Crippen molar-refractivity contribution in [1.29, 1.82) is 0 Å². The highest BCUT2D eigenvalue weighted by Gasteiger charge is 2.13. The molecule has 0 saturated carbocycles. The molecule has 0 amide bonds. The fraction of sp³-hybridized carbons (Fsp3) is 0.0667. The molecule has 2 aromatic rings. The number of hydrogen-bond donors (Lipinski definition) is 0. The van der Waals surface area contributed by atoms with Crippen molar-refractivity contribution in [2.75, 3.05) is 0 Å². The van der Waals surface area contributed by atoms with Crippen molar-refractivity contribution >= 4 is 5.57 Å². The van der Waals surface area contributed by atoms with E-state index < -0.39 is 11.9 Å². The summed E-state index contributed by atoms with van der Waals surface area (Å²) < 4.78 is 39.1. The van der Waals surface area contributed by atoms with Gasteiger partial charge in [-0.2, -0.15) is 8.78 Å². The lowest BCUT2D eigenvalue weighted by Crippen LogP contribution is -1.93. The summed E-state index contributed by atoms with van der Waals surface area (Å²) in [6, 6.07) is 12.0. The van der Waals surface area contributed by atoms with Crippen LogP contribution in [0.25, 0.3) is 5.57 Å². The smallest absolute Gasteiger partial charge is 0.207 e. The van der Waals surface area contributed by atoms with Gasteiger partial charge in [-0.25, -0.2) is 4.39 Å². The molecule has 0 spiro atoms. The summed E-state index contributed by atoms with van der Waals surface area (Å²) in [5.41, 5.74) is 1.38. The summed E-state index contributed by atoms with van der Waals surface area (Å²) in [4.78, 5) is 0. The van der Waals surface area contributed by atoms with Gasteiger partial charge >= 0.3 is 0 Å². The van der Waals surface area contributed by atoms with E-state index in [4.69, 9.17) is 0 Å². The van der Waals surface area contributed by atoms with Gasteiger partial charge in [-0.1, -0.05) is 36.4 Å². The van der Waals surface area contributed by atoms with Crippen molar-refractivity contribution < 1.29 is 13.2 Å². The van der Waals surface area contributed by atoms with Crippen LogP contribution in [0.15, 0.2) is 54.6 Å². The number of halogens is 3. The molecule has 0 unspecified atom stereocenters. The summed E-state index contributed by atoms with van der Waals surface area (Å²) in [5, 5.41) is 0. The lowest BCUT2D eigenvalue weighted by atomic mass is 9.95. The zero-order valence-corrected chi connectivity index (χ0v) is 9.75. The number of hydrogen-bond acceptors (Lipinski definition) is 0. The van der Waals surface area contributed by atoms with Crippen LogP contribution in [0, 0.1) is 12.7 Å². The van der Waals surface area contributed by atoms with Gasteiger partial charge in [0.15, 0.2) is 0 Å². The van der Waals surface area contributed by atoms with Gasteiger partial charge in [0.1, 0.15) is 5.82 Å². The Balaban J connectivity index is 2.59. The number of benzene rings is 2. The lowest BCUT2D eigenvalue weighted by Gasteiger charge is -2.10. The van der Waals surface area contributed by atoms with Gasteiger partial charge in [0.25, 0.3) is 6.08 Å². The predicted molar refractivity (Wildman–Crippen MR) is 65.8 cm³/mol. The molecule has 3 heteroatoms. The molecule has 0 nitrogen and oxygen atoms in total. The number of rotatable bonds is 2. The van der Waals surface area contributed by atoms with Crippen LogP contribution < -0.4 is 0 Å². The third-order valence-electron chi connectivity index (χ3n) is 2.74. The second-order valence-corrected chi connectivity index (χ2v) is 3.96. The lowest BCUT2D eigenvalue weighted by molar-refractivity contribution is 0.426. The van der Waals surface area contributed by atoms with E-state index in [0.29, 0.717) is 11.1 Å². The number of aryl methyl sites for hydroxylation is 1. The van der Waals surface area contributed by atoms with Crippen molar-refractivity contribution in [2.45, 2.75) is 6.92 Å². The Labute approximate surface area is 103 Å². The van der Waals surface area contributed by atoms with E-state index in [9.17, 15) is 13.2 Å². The Kier molecular flexibility index (Phi) is 3.51. The minimum atomic E-state index is -1.77. The molecule has 2 aromatic carbocycles. The molecule has 0 aliphatic heterocycles. The Bertz CT molecular complexity index is 579. The highest BCUT2D eigenvalue weighted by Crippen LogP contribution is 2.30. The SMILES string of the molecule is Cc1ccccc1C(=C(F)F)c1ccc(F)cc1. The quantitative estimate of drug-likeness (QED) is 0.716. The Morgan fingerprint density at radius 1 is 0.889 bits per heavy atom. The molecule has 0 aliphatic rings. The van der Waals surface area contributed by atoms with E-state index >= 15 is 0 Å². The second kappa shape index (κ2) is 5.08. The van der Waals surface area contributed by atoms with Gasteiger partial charge in [-0.3, -0.25) is 0 Å². The van der Waals surface area contributed by atoms with Gasteiger partial charge in [-0.05, 0) is 35.7 Å². The molecule has 0 aliphatic carbocycles. The minimum Gasteiger partial charge on any atom is -0.207 e. The van der Waals surface area contributed by atoms with Crippen LogP contribution >= 0.6 is 0 Å². The first-order chi connectivity index (χ1) is 8.59. The van der Waals surface area contributed by atoms with Crippen molar-refractivity contribution in [3.05, 3.63) is 77.1 Å². The standard InChI is InChI=1S/C15H11F3/c1-10-4-2-3-5-13(10)14(15(17)18)11-6-8-12(16)9-7-11/h2-9H,1H3. The molecule has 0 heterocycles. The van der Waals surface area contributed by atoms with Crippen LogP contribution in [0.2, 0.25) is 0 Å². The van der Waals surface area contributed by atoms with Crippen molar-refractivity contribution in [3.8, 4) is 0 Å². The van der Waals surface area contributed by atoms with E-state index in [-0.39, 0.29) is 5.57 Å². The van der Waals surface area contributed by atoms with E-state index in [1.807, 2.05) is 0 Å². The molecule has 2 rings (SSSR count). The van der Waals surface area contributed by atoms with Crippen LogP contribution in [0.1, 0.15) is 16.7 Å². The fourth-order valence-electron chi connectivity index (χ4n) is 1.84. The van der Waals surface area contributed by atoms with Crippen molar-refractivity contribution in [1.82, 2.24) is 0 Å². The van der Waals surface area contributed by atoms with Gasteiger partial charge in [0.05, 0.1) is 5.57 Å². The van der Waals surface area contributed by atoms with Crippen LogP contribution in [0.5, 0.6) is 0 Å². The maximum atomic E-state index is 13.1. The topological polar surface area (TPSA) is 0 Å². The fourth-order valence-corrected chi connectivity index (χ4v) is 1.84. The van der Waals surface area contributed by atoms with Gasteiger partial charge in [-0.15, -0.1) is 0 Å². The highest BCUT2D eigenvalue weighted by atomic mass is 19.3. The normalized spacial score (nSPS) is 10.2. The largest absolute Gasteiger partial charge is 0.278 e. The molecule has 0 atom stereocenters. The van der Waals surface area contributed by atoms with Crippen LogP contribution in [-0.4, -0.2) is 0 Å². The predicted octanol–water partition coefficient (Wildman–Crippen LogP) is 4.79. The molecule has 92 valence electrons. The molecule has 0 bridgehead atoms. The summed E-state index contributed by atoms with van der Waals surface area (Å²) in [6.07, 6.45) is -1.77. The van der Waals surface area contributed by atoms with E-state index in [1.165, 1.54) is 24.3 Å². The molecular formula is C15H11F3. The molecular weight excluding hydrogens is 237 g/mol. The molecule has 0 saturated heterocycles. The maximum absolute atomic E-state index is 13.1. The second-order valence-electron chi connectivity index (χ2n) is 3.96. The first-order valence-corrected chi connectivity index (χ1v) is 5.47. The summed E-state index contributed by atoms with van der Waals surface area (Å²) in [5.74, 6) is -0.442. The average molecular weight is 248 g/mol. The third kappa shape index (κ3) is 2.45. The van der Waals surface area contributed by atoms with E-state index in [2.05, 4.69) is 0 Å². The van der Waals surface area contributed by atoms with Gasteiger partial charge in [0, 0.05) is 0 Å². The van der Waals surface area contributed by atoms with Crippen LogP contribution in [0.3, 0.4) is 0 Å². The van der Waals surface area contributed by atoms with Crippen LogP contribution in [-0.2, 0) is 0 Å². The molecule has 0 N–H and O–H groups in total. The van der Waals surface area contributed by atoms with E-state index in [0.717, 1.165) is 5.56 Å². The monoisotopic (exact) mass is 248 g/mol. The third-order valence-corrected chi connectivity index (χ3v) is 2.74. The first kappa shape index (κ1) is 12.4. The Morgan fingerprint density at radius 3 is 2.06 bits per heavy atom. The van der Waals surface area contributed by atoms with Crippen LogP contribution in [0.4, 0.5) is 13.2 Å². The molecule has 0 radical (unpaired) electrons. The summed E-state index contributed by atoms with van der Waals surface area (Å²) in [7, 11) is 0. The molecule has 0 fully saturated rings. The molecule has 0 aromatic heterocycles. The Morgan fingerprint density at radius 2 is 1.50 bits per heavy atom. The Hall–Kier alpha value is -2.03. The maximum Gasteiger partial charge on any atom is 0.278 e. The summed E-state index contributed by atoms with van der Waals surface area (Å²) in [6.45, 7) is 1.77. The first-order valence-electron chi connectivity index (χ1n) is 5.47. The van der Waals surface area contributed by atoms with E-state index in [1.54, 1.807) is 31.2 Å². The van der Waals surface area contributed by atoms with Crippen molar-refractivity contribution in [2.24, 2.45) is 0 Å². The average Bonchev–Trinajstić information content (AvgIpc) is 2.34. The van der Waals surface area contributed by atoms with Gasteiger partial charge in [0.2, 0.25) is 0 Å².